The van der Waals surface area contributed by atoms with E-state index in [4.69, 9.17) is 9.47 Å². The highest BCUT2D eigenvalue weighted by molar-refractivity contribution is 5.88. The third-order valence-corrected chi connectivity index (χ3v) is 4.59. The number of carbonyl (C=O) groups is 2. The summed E-state index contributed by atoms with van der Waals surface area (Å²) in [4.78, 5) is 26.5. The van der Waals surface area contributed by atoms with Gasteiger partial charge < -0.3 is 20.1 Å². The maximum atomic E-state index is 12.3. The van der Waals surface area contributed by atoms with Gasteiger partial charge in [0.15, 0.2) is 0 Å². The van der Waals surface area contributed by atoms with E-state index in [1.165, 1.54) is 0 Å². The maximum absolute atomic E-state index is 12.3. The van der Waals surface area contributed by atoms with Crippen molar-refractivity contribution in [3.8, 4) is 5.75 Å². The smallest absolute Gasteiger partial charge is 0.237 e. The highest BCUT2D eigenvalue weighted by atomic mass is 16.5. The SMILES string of the molecule is CCOCCCNC(=O)C[C@H]1C(=O)NCCN1C/C=C/c1ccccc1OC. The summed E-state index contributed by atoms with van der Waals surface area (Å²) in [6, 6.07) is 7.31. The normalized spacial score (nSPS) is 17.5. The molecule has 0 spiro atoms. The molecule has 2 N–H and O–H groups in total. The second-order valence-electron chi connectivity index (χ2n) is 6.55. The zero-order valence-corrected chi connectivity index (χ0v) is 16.8. The Bertz CT molecular complexity index is 663. The molecule has 0 aliphatic carbocycles. The van der Waals surface area contributed by atoms with Crippen LogP contribution in [0.3, 0.4) is 0 Å². The van der Waals surface area contributed by atoms with E-state index >= 15 is 0 Å². The number of nitrogens with one attached hydrogen (secondary N) is 2. The molecule has 7 nitrogen and oxygen atoms in total. The van der Waals surface area contributed by atoms with Crippen LogP contribution in [0.25, 0.3) is 6.08 Å². The minimum atomic E-state index is -0.456. The van der Waals surface area contributed by atoms with Crippen LogP contribution >= 0.6 is 0 Å². The number of nitrogens with zero attached hydrogens (tertiary/aromatic N) is 1. The van der Waals surface area contributed by atoms with Crippen molar-refractivity contribution in [3.63, 3.8) is 0 Å². The molecule has 28 heavy (non-hydrogen) atoms. The number of carbonyl (C=O) groups excluding carboxylic acids is 2. The van der Waals surface area contributed by atoms with Crippen LogP contribution in [0.15, 0.2) is 30.3 Å². The molecular weight excluding hydrogens is 358 g/mol. The summed E-state index contributed by atoms with van der Waals surface area (Å²) in [5, 5.41) is 5.72. The van der Waals surface area contributed by atoms with Crippen LogP contribution in [-0.4, -0.2) is 69.3 Å². The average molecular weight is 389 g/mol. The Morgan fingerprint density at radius 3 is 3.00 bits per heavy atom. The van der Waals surface area contributed by atoms with Crippen LogP contribution in [0.4, 0.5) is 0 Å². The minimum Gasteiger partial charge on any atom is -0.496 e. The van der Waals surface area contributed by atoms with Crippen molar-refractivity contribution >= 4 is 17.9 Å². The van der Waals surface area contributed by atoms with Gasteiger partial charge in [-0.05, 0) is 19.4 Å². The fourth-order valence-electron chi connectivity index (χ4n) is 3.12. The molecule has 0 bridgehead atoms. The lowest BCUT2D eigenvalue weighted by molar-refractivity contribution is -0.133. The first kappa shape index (κ1) is 21.9. The summed E-state index contributed by atoms with van der Waals surface area (Å²) in [6.45, 7) is 5.69. The number of ether oxygens (including phenoxy) is 2. The second-order valence-corrected chi connectivity index (χ2v) is 6.55. The van der Waals surface area contributed by atoms with Gasteiger partial charge in [0.1, 0.15) is 5.75 Å². The van der Waals surface area contributed by atoms with Crippen LogP contribution in [0.2, 0.25) is 0 Å². The third-order valence-electron chi connectivity index (χ3n) is 4.59. The van der Waals surface area contributed by atoms with Gasteiger partial charge in [0, 0.05) is 45.0 Å². The Morgan fingerprint density at radius 1 is 1.39 bits per heavy atom. The van der Waals surface area contributed by atoms with Crippen molar-refractivity contribution in [1.82, 2.24) is 15.5 Å². The van der Waals surface area contributed by atoms with Crippen LogP contribution in [0.5, 0.6) is 5.75 Å². The Balaban J connectivity index is 1.88. The molecule has 1 aliphatic heterocycles. The molecule has 2 rings (SSSR count). The van der Waals surface area contributed by atoms with Gasteiger partial charge in [-0.1, -0.05) is 30.4 Å². The quantitative estimate of drug-likeness (QED) is 0.560. The lowest BCUT2D eigenvalue weighted by atomic mass is 10.1. The summed E-state index contributed by atoms with van der Waals surface area (Å²) < 4.78 is 10.6. The molecule has 2 amide bonds. The topological polar surface area (TPSA) is 79.9 Å². The third kappa shape index (κ3) is 6.98. The van der Waals surface area contributed by atoms with Crippen molar-refractivity contribution < 1.29 is 19.1 Å². The lowest BCUT2D eigenvalue weighted by Gasteiger charge is -2.33. The zero-order valence-electron chi connectivity index (χ0n) is 16.8. The zero-order chi connectivity index (χ0) is 20.2. The number of piperazine rings is 1. The van der Waals surface area contributed by atoms with Crippen molar-refractivity contribution in [2.45, 2.75) is 25.8 Å². The molecule has 1 heterocycles. The number of para-hydroxylation sites is 1. The molecule has 0 aromatic heterocycles. The van der Waals surface area contributed by atoms with Gasteiger partial charge in [-0.3, -0.25) is 14.5 Å². The molecule has 1 aromatic rings. The molecule has 1 saturated heterocycles. The molecule has 0 saturated carbocycles. The molecule has 0 unspecified atom stereocenters. The first-order valence-electron chi connectivity index (χ1n) is 9.81. The fourth-order valence-corrected chi connectivity index (χ4v) is 3.12. The Labute approximate surface area is 167 Å². The number of amides is 2. The number of hydrogen-bond acceptors (Lipinski definition) is 5. The van der Waals surface area contributed by atoms with Gasteiger partial charge in [0.05, 0.1) is 19.6 Å². The molecular formula is C21H31N3O4. The Kier molecular flexibility index (Phi) is 9.51. The van der Waals surface area contributed by atoms with Crippen LogP contribution < -0.4 is 15.4 Å². The van der Waals surface area contributed by atoms with E-state index < -0.39 is 6.04 Å². The number of hydrogen-bond donors (Lipinski definition) is 2. The van der Waals surface area contributed by atoms with E-state index in [-0.39, 0.29) is 18.2 Å². The molecule has 154 valence electrons. The maximum Gasteiger partial charge on any atom is 0.237 e. The molecule has 1 fully saturated rings. The summed E-state index contributed by atoms with van der Waals surface area (Å²) in [7, 11) is 1.64. The molecule has 1 aromatic carbocycles. The fraction of sp³-hybridized carbons (Fsp3) is 0.524. The van der Waals surface area contributed by atoms with Gasteiger partial charge >= 0.3 is 0 Å². The van der Waals surface area contributed by atoms with Crippen LogP contribution in [-0.2, 0) is 14.3 Å². The number of rotatable bonds is 11. The van der Waals surface area contributed by atoms with E-state index in [0.29, 0.717) is 39.4 Å². The predicted octanol–water partition coefficient (Wildman–Crippen LogP) is 1.44. The van der Waals surface area contributed by atoms with Crippen molar-refractivity contribution in [2.24, 2.45) is 0 Å². The second kappa shape index (κ2) is 12.2. The van der Waals surface area contributed by atoms with Gasteiger partial charge in [-0.15, -0.1) is 0 Å². The molecule has 0 radical (unpaired) electrons. The van der Waals surface area contributed by atoms with E-state index in [1.807, 2.05) is 48.2 Å². The standard InChI is InChI=1S/C21H31N3O4/c1-3-28-15-7-11-22-20(25)16-18-21(26)23-12-14-24(18)13-6-9-17-8-4-5-10-19(17)27-2/h4-6,8-10,18H,3,7,11-16H2,1-2H3,(H,22,25)(H,23,26)/b9-6+/t18-/m0/s1. The first-order valence-corrected chi connectivity index (χ1v) is 9.81. The number of benzene rings is 1. The summed E-state index contributed by atoms with van der Waals surface area (Å²) in [5.41, 5.74) is 0.982. The molecule has 7 heteroatoms. The van der Waals surface area contributed by atoms with Gasteiger partial charge in [-0.2, -0.15) is 0 Å². The van der Waals surface area contributed by atoms with Gasteiger partial charge in [-0.25, -0.2) is 0 Å². The van der Waals surface area contributed by atoms with Gasteiger partial charge in [0.2, 0.25) is 11.8 Å². The molecule has 1 atom stereocenters. The molecule has 1 aliphatic rings. The number of methoxy groups -OCH3 is 1. The van der Waals surface area contributed by atoms with Crippen molar-refractivity contribution in [2.75, 3.05) is 46.5 Å². The summed E-state index contributed by atoms with van der Waals surface area (Å²) in [6.07, 6.45) is 4.91. The summed E-state index contributed by atoms with van der Waals surface area (Å²) in [5.74, 6) is 0.594. The van der Waals surface area contributed by atoms with Gasteiger partial charge in [0.25, 0.3) is 0 Å². The lowest BCUT2D eigenvalue weighted by Crippen LogP contribution is -2.56. The summed E-state index contributed by atoms with van der Waals surface area (Å²) >= 11 is 0. The Hall–Kier alpha value is -2.38. The van der Waals surface area contributed by atoms with E-state index in [9.17, 15) is 9.59 Å². The highest BCUT2D eigenvalue weighted by Crippen LogP contribution is 2.19. The minimum absolute atomic E-state index is 0.0959. The predicted molar refractivity (Wildman–Crippen MR) is 109 cm³/mol. The average Bonchev–Trinajstić information content (AvgIpc) is 2.70. The van der Waals surface area contributed by atoms with Crippen LogP contribution in [0.1, 0.15) is 25.3 Å². The van der Waals surface area contributed by atoms with E-state index in [2.05, 4.69) is 10.6 Å². The van der Waals surface area contributed by atoms with Crippen molar-refractivity contribution in [1.29, 1.82) is 0 Å². The van der Waals surface area contributed by atoms with E-state index in [0.717, 1.165) is 17.7 Å². The Morgan fingerprint density at radius 2 is 2.21 bits per heavy atom. The van der Waals surface area contributed by atoms with Crippen LogP contribution in [0, 0.1) is 0 Å². The monoisotopic (exact) mass is 389 g/mol. The van der Waals surface area contributed by atoms with E-state index in [1.54, 1.807) is 7.11 Å². The largest absolute Gasteiger partial charge is 0.496 e. The first-order chi connectivity index (χ1) is 13.7. The highest BCUT2D eigenvalue weighted by Gasteiger charge is 2.30. The van der Waals surface area contributed by atoms with Crippen molar-refractivity contribution in [3.05, 3.63) is 35.9 Å².